The van der Waals surface area contributed by atoms with E-state index in [0.717, 1.165) is 0 Å². The van der Waals surface area contributed by atoms with Crippen LogP contribution in [-0.2, 0) is 4.79 Å². The number of rotatable bonds is 3. The molecule has 11 heavy (non-hydrogen) atoms. The number of amides is 1. The van der Waals surface area contributed by atoms with Gasteiger partial charge in [-0.2, -0.15) is 0 Å². The average Bonchev–Trinajstić information content (AvgIpc) is 1.99. The molecule has 0 radical (unpaired) electrons. The maximum Gasteiger partial charge on any atom is 0.232 e. The van der Waals surface area contributed by atoms with E-state index in [4.69, 9.17) is 6.42 Å². The second-order valence-corrected chi connectivity index (χ2v) is 1.91. The molecular formula is C9H11NO. The van der Waals surface area contributed by atoms with Crippen LogP contribution in [0.15, 0.2) is 0 Å². The first kappa shape index (κ1) is 9.59. The average molecular weight is 149 g/mol. The van der Waals surface area contributed by atoms with Gasteiger partial charge in [-0.25, -0.2) is 0 Å². The van der Waals surface area contributed by atoms with Crippen molar-refractivity contribution in [3.63, 3.8) is 0 Å². The molecule has 0 spiro atoms. The van der Waals surface area contributed by atoms with Gasteiger partial charge in [0.1, 0.15) is 0 Å². The lowest BCUT2D eigenvalue weighted by Crippen LogP contribution is -2.23. The van der Waals surface area contributed by atoms with Crippen molar-refractivity contribution in [1.29, 1.82) is 0 Å². The van der Waals surface area contributed by atoms with Crippen LogP contribution in [0.3, 0.4) is 0 Å². The molecule has 0 saturated heterocycles. The first-order valence-corrected chi connectivity index (χ1v) is 3.41. The Morgan fingerprint density at radius 3 is 2.91 bits per heavy atom. The van der Waals surface area contributed by atoms with E-state index in [2.05, 4.69) is 23.1 Å². The molecule has 0 unspecified atom stereocenters. The molecule has 1 amide bonds. The third kappa shape index (κ3) is 6.48. The van der Waals surface area contributed by atoms with Crippen LogP contribution in [0.1, 0.15) is 19.8 Å². The molecule has 2 nitrogen and oxygen atoms in total. The van der Waals surface area contributed by atoms with Crippen LogP contribution < -0.4 is 5.32 Å². The summed E-state index contributed by atoms with van der Waals surface area (Å²) < 4.78 is 0. The first-order valence-electron chi connectivity index (χ1n) is 3.41. The van der Waals surface area contributed by atoms with Gasteiger partial charge in [-0.05, 0) is 6.92 Å². The summed E-state index contributed by atoms with van der Waals surface area (Å²) in [5, 5.41) is 2.63. The molecule has 0 aromatic rings. The van der Waals surface area contributed by atoms with Crippen molar-refractivity contribution in [1.82, 2.24) is 5.32 Å². The fraction of sp³-hybridized carbons (Fsp3) is 0.444. The zero-order valence-corrected chi connectivity index (χ0v) is 6.61. The summed E-state index contributed by atoms with van der Waals surface area (Å²) in [6.45, 7) is 2.35. The van der Waals surface area contributed by atoms with Gasteiger partial charge in [0.2, 0.25) is 5.91 Å². The maximum atomic E-state index is 10.7. The molecule has 58 valence electrons. The Morgan fingerprint density at radius 2 is 2.36 bits per heavy atom. The number of carbonyl (C=O) groups is 1. The lowest BCUT2D eigenvalue weighted by Gasteiger charge is -1.96. The quantitative estimate of drug-likeness (QED) is 0.460. The van der Waals surface area contributed by atoms with E-state index >= 15 is 0 Å². The highest BCUT2D eigenvalue weighted by Crippen LogP contribution is 1.76. The molecule has 2 heteroatoms. The van der Waals surface area contributed by atoms with E-state index in [1.165, 1.54) is 0 Å². The van der Waals surface area contributed by atoms with E-state index in [9.17, 15) is 4.79 Å². The highest BCUT2D eigenvalue weighted by Gasteiger charge is 1.93. The van der Waals surface area contributed by atoms with Crippen LogP contribution in [0, 0.1) is 24.2 Å². The summed E-state index contributed by atoms with van der Waals surface area (Å²) in [5.74, 6) is 7.72. The van der Waals surface area contributed by atoms with Gasteiger partial charge in [0, 0.05) is 13.0 Å². The smallest absolute Gasteiger partial charge is 0.232 e. The van der Waals surface area contributed by atoms with E-state index in [1.54, 1.807) is 6.92 Å². The van der Waals surface area contributed by atoms with Gasteiger partial charge >= 0.3 is 0 Å². The Kier molecular flexibility index (Phi) is 5.85. The van der Waals surface area contributed by atoms with Crippen LogP contribution >= 0.6 is 0 Å². The summed E-state index contributed by atoms with van der Waals surface area (Å²) >= 11 is 0. The van der Waals surface area contributed by atoms with Crippen molar-refractivity contribution >= 4 is 5.91 Å². The highest BCUT2D eigenvalue weighted by atomic mass is 16.1. The van der Waals surface area contributed by atoms with Gasteiger partial charge in [-0.15, -0.1) is 18.3 Å². The minimum atomic E-state index is -0.106. The fourth-order valence-electron chi connectivity index (χ4n) is 0.545. The number of hydrogen-bond acceptors (Lipinski definition) is 1. The van der Waals surface area contributed by atoms with E-state index in [-0.39, 0.29) is 12.3 Å². The van der Waals surface area contributed by atoms with Gasteiger partial charge in [0.25, 0.3) is 0 Å². The standard InChI is InChI=1S/C9H11NO/c1-3-5-6-8-10-9(11)7-4-2/h2H,6-8H2,1H3,(H,10,11). The Balaban J connectivity index is 3.31. The molecule has 0 aromatic heterocycles. The van der Waals surface area contributed by atoms with Crippen molar-refractivity contribution in [2.24, 2.45) is 0 Å². The first-order chi connectivity index (χ1) is 5.31. The summed E-state index contributed by atoms with van der Waals surface area (Å²) in [6, 6.07) is 0. The van der Waals surface area contributed by atoms with Gasteiger partial charge in [0.15, 0.2) is 0 Å². The predicted octanol–water partition coefficient (Wildman–Crippen LogP) is 0.539. The summed E-state index contributed by atoms with van der Waals surface area (Å²) in [5.41, 5.74) is 0. The molecule has 1 N–H and O–H groups in total. The predicted molar refractivity (Wildman–Crippen MR) is 44.5 cm³/mol. The third-order valence-corrected chi connectivity index (χ3v) is 1.01. The lowest BCUT2D eigenvalue weighted by atomic mass is 10.4. The maximum absolute atomic E-state index is 10.7. The lowest BCUT2D eigenvalue weighted by molar-refractivity contribution is -0.120. The largest absolute Gasteiger partial charge is 0.354 e. The summed E-state index contributed by atoms with van der Waals surface area (Å²) in [4.78, 5) is 10.7. The molecule has 0 aliphatic carbocycles. The third-order valence-electron chi connectivity index (χ3n) is 1.01. The molecule has 0 aliphatic rings. The minimum absolute atomic E-state index is 0.106. The molecule has 0 atom stereocenters. The second kappa shape index (κ2) is 6.71. The van der Waals surface area contributed by atoms with E-state index in [0.29, 0.717) is 13.0 Å². The van der Waals surface area contributed by atoms with Gasteiger partial charge in [-0.1, -0.05) is 5.92 Å². The van der Waals surface area contributed by atoms with Crippen molar-refractivity contribution in [2.45, 2.75) is 19.8 Å². The molecule has 0 bridgehead atoms. The molecule has 0 heterocycles. The van der Waals surface area contributed by atoms with Gasteiger partial charge < -0.3 is 5.32 Å². The molecule has 0 fully saturated rings. The van der Waals surface area contributed by atoms with Gasteiger partial charge in [-0.3, -0.25) is 4.79 Å². The van der Waals surface area contributed by atoms with Crippen molar-refractivity contribution < 1.29 is 4.79 Å². The Bertz CT molecular complexity index is 214. The topological polar surface area (TPSA) is 29.1 Å². The van der Waals surface area contributed by atoms with Gasteiger partial charge in [0.05, 0.1) is 6.42 Å². The molecule has 0 rings (SSSR count). The fourth-order valence-corrected chi connectivity index (χ4v) is 0.545. The molecular weight excluding hydrogens is 138 g/mol. The number of hydrogen-bond donors (Lipinski definition) is 1. The number of nitrogens with one attached hydrogen (secondary N) is 1. The summed E-state index contributed by atoms with van der Waals surface area (Å²) in [6.07, 6.45) is 5.76. The van der Waals surface area contributed by atoms with E-state index < -0.39 is 0 Å². The van der Waals surface area contributed by atoms with E-state index in [1.807, 2.05) is 0 Å². The zero-order chi connectivity index (χ0) is 8.53. The molecule has 0 saturated carbocycles. The number of terminal acetylenes is 1. The highest BCUT2D eigenvalue weighted by molar-refractivity contribution is 5.78. The van der Waals surface area contributed by atoms with Crippen molar-refractivity contribution in [2.75, 3.05) is 6.54 Å². The SMILES string of the molecule is C#CCC(=O)NCCC#CC. The zero-order valence-electron chi connectivity index (χ0n) is 6.61. The molecule has 0 aromatic carbocycles. The summed E-state index contributed by atoms with van der Waals surface area (Å²) in [7, 11) is 0. The minimum Gasteiger partial charge on any atom is -0.354 e. The van der Waals surface area contributed by atoms with Crippen LogP contribution in [0.2, 0.25) is 0 Å². The van der Waals surface area contributed by atoms with Crippen LogP contribution in [-0.4, -0.2) is 12.5 Å². The van der Waals surface area contributed by atoms with Crippen molar-refractivity contribution in [3.05, 3.63) is 0 Å². The second-order valence-electron chi connectivity index (χ2n) is 1.91. The van der Waals surface area contributed by atoms with Crippen molar-refractivity contribution in [3.8, 4) is 24.2 Å². The van der Waals surface area contributed by atoms with Crippen LogP contribution in [0.5, 0.6) is 0 Å². The monoisotopic (exact) mass is 149 g/mol. The van der Waals surface area contributed by atoms with Crippen LogP contribution in [0.25, 0.3) is 0 Å². The Hall–Kier alpha value is -1.41. The van der Waals surface area contributed by atoms with Crippen LogP contribution in [0.4, 0.5) is 0 Å². The Labute approximate surface area is 67.4 Å². The number of carbonyl (C=O) groups excluding carboxylic acids is 1. The normalized spacial score (nSPS) is 7.27. The molecule has 0 aliphatic heterocycles. The Morgan fingerprint density at radius 1 is 1.64 bits per heavy atom.